The predicted octanol–water partition coefficient (Wildman–Crippen LogP) is 5.17. The van der Waals surface area contributed by atoms with E-state index in [0.29, 0.717) is 4.48 Å². The monoisotopic (exact) mass is 345 g/mol. The number of aryl methyl sites for hydroxylation is 3. The largest absolute Gasteiger partial charge is 0.278 e. The molecule has 0 N–H and O–H groups in total. The summed E-state index contributed by atoms with van der Waals surface area (Å²) in [4.78, 5) is 12.3. The molecular weight excluding hydrogens is 320 g/mol. The van der Waals surface area contributed by atoms with Crippen LogP contribution in [0.4, 0.5) is 23.0 Å². The lowest BCUT2D eigenvalue weighted by atomic mass is 10.1. The Labute approximate surface area is 155 Å². The van der Waals surface area contributed by atoms with Crippen LogP contribution in [0, 0.1) is 20.8 Å². The number of aromatic nitrogens is 2. The minimum atomic E-state index is 0.148. The van der Waals surface area contributed by atoms with Gasteiger partial charge in [0.25, 0.3) is 5.82 Å². The molecule has 4 heteroatoms. The SMILES string of the molecule is Cc1ccccc1[N+]1(C)c2nc(C)c(C)nc2N(c2ccccc2)C1C. The quantitative estimate of drug-likeness (QED) is 0.600. The first-order valence-electron chi connectivity index (χ1n) is 9.07. The van der Waals surface area contributed by atoms with Crippen molar-refractivity contribution >= 4 is 23.0 Å². The molecule has 26 heavy (non-hydrogen) atoms. The van der Waals surface area contributed by atoms with Crippen molar-refractivity contribution < 1.29 is 0 Å². The van der Waals surface area contributed by atoms with Crippen LogP contribution in [0.5, 0.6) is 0 Å². The molecule has 0 bridgehead atoms. The highest BCUT2D eigenvalue weighted by atomic mass is 15.6. The van der Waals surface area contributed by atoms with Crippen molar-refractivity contribution in [3.8, 4) is 0 Å². The second-order valence-electron chi connectivity index (χ2n) is 7.24. The normalized spacial score (nSPS) is 21.7. The van der Waals surface area contributed by atoms with Crippen LogP contribution in [0.2, 0.25) is 0 Å². The second kappa shape index (κ2) is 5.92. The van der Waals surface area contributed by atoms with Crippen molar-refractivity contribution in [2.45, 2.75) is 33.9 Å². The number of anilines is 2. The smallest absolute Gasteiger partial charge is 0.269 e. The number of quaternary nitrogens is 1. The number of hydrogen-bond donors (Lipinski definition) is 0. The van der Waals surface area contributed by atoms with Crippen LogP contribution < -0.4 is 9.38 Å². The number of nitrogens with zero attached hydrogens (tertiary/aromatic N) is 4. The van der Waals surface area contributed by atoms with Crippen molar-refractivity contribution in [1.29, 1.82) is 0 Å². The van der Waals surface area contributed by atoms with E-state index >= 15 is 0 Å². The highest BCUT2D eigenvalue weighted by Crippen LogP contribution is 2.50. The van der Waals surface area contributed by atoms with Gasteiger partial charge in [-0.25, -0.2) is 9.47 Å². The molecule has 0 saturated carbocycles. The maximum absolute atomic E-state index is 5.02. The van der Waals surface area contributed by atoms with E-state index in [1.54, 1.807) is 0 Å². The van der Waals surface area contributed by atoms with Gasteiger partial charge in [0.1, 0.15) is 5.69 Å². The molecule has 1 aliphatic heterocycles. The maximum Gasteiger partial charge on any atom is 0.278 e. The van der Waals surface area contributed by atoms with E-state index in [4.69, 9.17) is 9.97 Å². The topological polar surface area (TPSA) is 29.0 Å². The number of fused-ring (bicyclic) bond motifs is 1. The van der Waals surface area contributed by atoms with Crippen LogP contribution in [0.3, 0.4) is 0 Å². The maximum atomic E-state index is 5.02. The fraction of sp³-hybridized carbons (Fsp3) is 0.273. The van der Waals surface area contributed by atoms with Crippen molar-refractivity contribution in [3.05, 3.63) is 71.5 Å². The molecule has 0 radical (unpaired) electrons. The lowest BCUT2D eigenvalue weighted by Crippen LogP contribution is -2.50. The predicted molar refractivity (Wildman–Crippen MR) is 108 cm³/mol. The summed E-state index contributed by atoms with van der Waals surface area (Å²) < 4.78 is 0.616. The molecule has 132 valence electrons. The molecule has 1 aliphatic rings. The van der Waals surface area contributed by atoms with Gasteiger partial charge in [-0.15, -0.1) is 0 Å². The first kappa shape index (κ1) is 16.7. The Hall–Kier alpha value is -2.72. The lowest BCUT2D eigenvalue weighted by Gasteiger charge is -2.35. The Morgan fingerprint density at radius 3 is 2.15 bits per heavy atom. The van der Waals surface area contributed by atoms with Crippen LogP contribution >= 0.6 is 0 Å². The zero-order valence-electron chi connectivity index (χ0n) is 16.1. The Morgan fingerprint density at radius 2 is 1.46 bits per heavy atom. The minimum absolute atomic E-state index is 0.148. The van der Waals surface area contributed by atoms with E-state index in [1.165, 1.54) is 11.3 Å². The number of hydrogen-bond acceptors (Lipinski definition) is 3. The lowest BCUT2D eigenvalue weighted by molar-refractivity contribution is 0.380. The van der Waals surface area contributed by atoms with Crippen LogP contribution in [-0.2, 0) is 0 Å². The number of para-hydroxylation sites is 2. The molecule has 4 nitrogen and oxygen atoms in total. The standard InChI is InChI=1S/C22H25N4/c1-15-11-9-10-14-20(15)26(5)18(4)25(19-12-7-6-8-13-19)21-22(26)24-17(3)16(2)23-21/h6-14,18H,1-5H3/q+1. The zero-order chi connectivity index (χ0) is 18.5. The van der Waals surface area contributed by atoms with Gasteiger partial charge in [-0.3, -0.25) is 4.90 Å². The van der Waals surface area contributed by atoms with Gasteiger partial charge in [0.15, 0.2) is 6.17 Å². The minimum Gasteiger partial charge on any atom is -0.269 e. The van der Waals surface area contributed by atoms with E-state index in [2.05, 4.69) is 74.3 Å². The molecule has 0 aliphatic carbocycles. The molecular formula is C22H25N4+. The number of rotatable bonds is 2. The van der Waals surface area contributed by atoms with Gasteiger partial charge in [-0.05, 0) is 39.0 Å². The molecule has 2 heterocycles. The van der Waals surface area contributed by atoms with Gasteiger partial charge in [0.05, 0.1) is 18.4 Å². The fourth-order valence-electron chi connectivity index (χ4n) is 3.96. The van der Waals surface area contributed by atoms with Crippen molar-refractivity contribution in [1.82, 2.24) is 14.5 Å². The van der Waals surface area contributed by atoms with E-state index < -0.39 is 0 Å². The highest BCUT2D eigenvalue weighted by Gasteiger charge is 2.51. The van der Waals surface area contributed by atoms with E-state index in [9.17, 15) is 0 Å². The summed E-state index contributed by atoms with van der Waals surface area (Å²) in [6.07, 6.45) is 0.148. The average Bonchev–Trinajstić information content (AvgIpc) is 2.85. The van der Waals surface area contributed by atoms with Crippen molar-refractivity contribution in [3.63, 3.8) is 0 Å². The average molecular weight is 345 g/mol. The van der Waals surface area contributed by atoms with Crippen LogP contribution in [0.25, 0.3) is 0 Å². The summed E-state index contributed by atoms with van der Waals surface area (Å²) in [6.45, 7) is 8.51. The first-order valence-corrected chi connectivity index (χ1v) is 9.07. The third-order valence-corrected chi connectivity index (χ3v) is 5.71. The molecule has 3 aromatic rings. The summed E-state index contributed by atoms with van der Waals surface area (Å²) >= 11 is 0. The highest BCUT2D eigenvalue weighted by molar-refractivity contribution is 5.80. The molecule has 2 aromatic carbocycles. The summed E-state index contributed by atoms with van der Waals surface area (Å²) in [6, 6.07) is 19.1. The molecule has 2 atom stereocenters. The summed E-state index contributed by atoms with van der Waals surface area (Å²) in [7, 11) is 2.25. The van der Waals surface area contributed by atoms with Gasteiger partial charge in [0, 0.05) is 18.2 Å². The Balaban J connectivity index is 2.02. The van der Waals surface area contributed by atoms with Crippen LogP contribution in [0.1, 0.15) is 23.9 Å². The molecule has 1 aromatic heterocycles. The van der Waals surface area contributed by atoms with Crippen LogP contribution in [0.15, 0.2) is 54.6 Å². The molecule has 0 amide bonds. The molecule has 0 spiro atoms. The Bertz CT molecular complexity index is 967. The number of benzene rings is 2. The van der Waals surface area contributed by atoms with Gasteiger partial charge in [-0.1, -0.05) is 36.4 Å². The van der Waals surface area contributed by atoms with Crippen molar-refractivity contribution in [2.24, 2.45) is 0 Å². The molecule has 4 rings (SSSR count). The van der Waals surface area contributed by atoms with Gasteiger partial charge >= 0.3 is 0 Å². The van der Waals surface area contributed by atoms with Gasteiger partial charge in [0.2, 0.25) is 5.82 Å². The Kier molecular flexibility index (Phi) is 3.81. The Morgan fingerprint density at radius 1 is 0.846 bits per heavy atom. The second-order valence-corrected chi connectivity index (χ2v) is 7.24. The fourth-order valence-corrected chi connectivity index (χ4v) is 3.96. The zero-order valence-corrected chi connectivity index (χ0v) is 16.1. The summed E-state index contributed by atoms with van der Waals surface area (Å²) in [5, 5.41) is 0. The van der Waals surface area contributed by atoms with Crippen LogP contribution in [-0.4, -0.2) is 23.2 Å². The van der Waals surface area contributed by atoms with E-state index in [1.807, 2.05) is 19.9 Å². The first-order chi connectivity index (χ1) is 12.4. The van der Waals surface area contributed by atoms with E-state index in [-0.39, 0.29) is 6.17 Å². The van der Waals surface area contributed by atoms with E-state index in [0.717, 1.165) is 28.7 Å². The molecule has 0 fully saturated rings. The third-order valence-electron chi connectivity index (χ3n) is 5.71. The molecule has 0 saturated heterocycles. The summed E-state index contributed by atoms with van der Waals surface area (Å²) in [5.74, 6) is 1.97. The van der Waals surface area contributed by atoms with Gasteiger partial charge in [-0.2, -0.15) is 4.98 Å². The third kappa shape index (κ3) is 2.26. The van der Waals surface area contributed by atoms with Crippen molar-refractivity contribution in [2.75, 3.05) is 11.9 Å². The molecule has 2 unspecified atom stereocenters. The van der Waals surface area contributed by atoms with Gasteiger partial charge < -0.3 is 0 Å². The summed E-state index contributed by atoms with van der Waals surface area (Å²) in [5.41, 5.74) is 5.65.